The Bertz CT molecular complexity index is 583. The Morgan fingerprint density at radius 1 is 1.30 bits per heavy atom. The number of carbonyl (C=O) groups excluding carboxylic acids is 1. The summed E-state index contributed by atoms with van der Waals surface area (Å²) in [6, 6.07) is 11.7. The first-order valence-corrected chi connectivity index (χ1v) is 6.80. The van der Waals surface area contributed by atoms with Crippen LogP contribution in [0.5, 0.6) is 5.75 Å². The van der Waals surface area contributed by atoms with Crippen molar-refractivity contribution in [2.75, 3.05) is 13.7 Å². The first kappa shape index (κ1) is 12.8. The third-order valence-electron chi connectivity index (χ3n) is 3.99. The molecule has 1 aromatic heterocycles. The van der Waals surface area contributed by atoms with Gasteiger partial charge in [0.05, 0.1) is 7.11 Å². The summed E-state index contributed by atoms with van der Waals surface area (Å²) in [5.74, 6) is 0.815. The van der Waals surface area contributed by atoms with E-state index in [0.717, 1.165) is 18.6 Å². The van der Waals surface area contributed by atoms with E-state index < -0.39 is 0 Å². The van der Waals surface area contributed by atoms with Crippen molar-refractivity contribution in [3.63, 3.8) is 0 Å². The molecule has 0 radical (unpaired) electrons. The van der Waals surface area contributed by atoms with Crippen LogP contribution >= 0.6 is 0 Å². The molecule has 1 aliphatic rings. The van der Waals surface area contributed by atoms with Gasteiger partial charge in [-0.25, -0.2) is 0 Å². The number of ether oxygens (including phenoxy) is 1. The minimum absolute atomic E-state index is 0.0465. The molecule has 0 bridgehead atoms. The summed E-state index contributed by atoms with van der Waals surface area (Å²) >= 11 is 0. The van der Waals surface area contributed by atoms with E-state index in [1.165, 1.54) is 5.56 Å². The molecule has 2 aromatic rings. The number of nitrogens with one attached hydrogen (secondary N) is 2. The van der Waals surface area contributed by atoms with Crippen LogP contribution in [-0.2, 0) is 5.41 Å². The maximum Gasteiger partial charge on any atom is 0.267 e. The fourth-order valence-electron chi connectivity index (χ4n) is 2.48. The van der Waals surface area contributed by atoms with Crippen molar-refractivity contribution >= 4 is 5.91 Å². The molecule has 3 rings (SSSR count). The van der Waals surface area contributed by atoms with E-state index >= 15 is 0 Å². The van der Waals surface area contributed by atoms with Gasteiger partial charge in [0.25, 0.3) is 5.91 Å². The molecule has 0 spiro atoms. The van der Waals surface area contributed by atoms with Crippen LogP contribution in [0.3, 0.4) is 0 Å². The second-order valence-electron chi connectivity index (χ2n) is 5.28. The summed E-state index contributed by atoms with van der Waals surface area (Å²) in [7, 11) is 1.67. The Morgan fingerprint density at radius 2 is 2.05 bits per heavy atom. The van der Waals surface area contributed by atoms with Crippen LogP contribution in [0.15, 0.2) is 42.6 Å². The van der Waals surface area contributed by atoms with Crippen molar-refractivity contribution in [3.8, 4) is 5.75 Å². The minimum Gasteiger partial charge on any atom is -0.497 e. The Balaban J connectivity index is 1.65. The summed E-state index contributed by atoms with van der Waals surface area (Å²) in [6.45, 7) is 0.678. The Hall–Kier alpha value is -2.23. The number of hydrogen-bond acceptors (Lipinski definition) is 2. The molecular weight excluding hydrogens is 252 g/mol. The molecule has 20 heavy (non-hydrogen) atoms. The number of carbonyl (C=O) groups is 1. The van der Waals surface area contributed by atoms with Gasteiger partial charge in [-0.05, 0) is 42.7 Å². The van der Waals surface area contributed by atoms with Crippen molar-refractivity contribution < 1.29 is 9.53 Å². The largest absolute Gasteiger partial charge is 0.497 e. The molecule has 0 aliphatic heterocycles. The lowest BCUT2D eigenvalue weighted by Gasteiger charge is -2.16. The number of rotatable bonds is 5. The highest BCUT2D eigenvalue weighted by molar-refractivity contribution is 5.92. The zero-order chi connectivity index (χ0) is 14.0. The maximum absolute atomic E-state index is 11.9. The van der Waals surface area contributed by atoms with Gasteiger partial charge < -0.3 is 15.0 Å². The van der Waals surface area contributed by atoms with Crippen molar-refractivity contribution in [2.45, 2.75) is 18.3 Å². The predicted molar refractivity (Wildman–Crippen MR) is 77.0 cm³/mol. The van der Waals surface area contributed by atoms with Gasteiger partial charge in [-0.15, -0.1) is 0 Å². The predicted octanol–water partition coefficient (Wildman–Crippen LogP) is 2.48. The highest BCUT2D eigenvalue weighted by atomic mass is 16.5. The van der Waals surface area contributed by atoms with Crippen LogP contribution < -0.4 is 10.1 Å². The standard InChI is InChI=1S/C16H18N2O2/c1-20-13-6-4-12(5-7-13)16(8-9-16)11-18-15(19)14-3-2-10-17-14/h2-7,10,17H,8-9,11H2,1H3,(H,18,19). The zero-order valence-corrected chi connectivity index (χ0v) is 11.5. The molecule has 4 nitrogen and oxygen atoms in total. The molecule has 1 saturated carbocycles. The van der Waals surface area contributed by atoms with Gasteiger partial charge in [-0.3, -0.25) is 4.79 Å². The molecular formula is C16H18N2O2. The van der Waals surface area contributed by atoms with E-state index in [1.807, 2.05) is 18.2 Å². The monoisotopic (exact) mass is 270 g/mol. The minimum atomic E-state index is -0.0465. The molecule has 1 fully saturated rings. The Morgan fingerprint density at radius 3 is 2.60 bits per heavy atom. The Kier molecular flexibility index (Phi) is 3.22. The van der Waals surface area contributed by atoms with Crippen LogP contribution in [0.1, 0.15) is 28.9 Å². The fraction of sp³-hybridized carbons (Fsp3) is 0.312. The lowest BCUT2D eigenvalue weighted by atomic mass is 9.96. The normalized spacial score (nSPS) is 15.7. The number of benzene rings is 1. The van der Waals surface area contributed by atoms with Gasteiger partial charge in [0.15, 0.2) is 0 Å². The molecule has 1 aliphatic carbocycles. The third-order valence-corrected chi connectivity index (χ3v) is 3.99. The van der Waals surface area contributed by atoms with Gasteiger partial charge in [0.1, 0.15) is 11.4 Å². The van der Waals surface area contributed by atoms with E-state index in [4.69, 9.17) is 4.74 Å². The molecule has 2 N–H and O–H groups in total. The van der Waals surface area contributed by atoms with Crippen LogP contribution in [0.25, 0.3) is 0 Å². The molecule has 104 valence electrons. The molecule has 1 amide bonds. The Labute approximate surface area is 118 Å². The van der Waals surface area contributed by atoms with Crippen LogP contribution in [0, 0.1) is 0 Å². The maximum atomic E-state index is 11.9. The second kappa shape index (κ2) is 5.04. The third kappa shape index (κ3) is 2.41. The zero-order valence-electron chi connectivity index (χ0n) is 11.5. The molecule has 1 aromatic carbocycles. The number of aromatic amines is 1. The first-order chi connectivity index (χ1) is 9.73. The highest BCUT2D eigenvalue weighted by Gasteiger charge is 2.44. The van der Waals surface area contributed by atoms with E-state index in [-0.39, 0.29) is 11.3 Å². The lowest BCUT2D eigenvalue weighted by Crippen LogP contribution is -2.32. The van der Waals surface area contributed by atoms with Gasteiger partial charge in [-0.2, -0.15) is 0 Å². The second-order valence-corrected chi connectivity index (χ2v) is 5.28. The summed E-state index contributed by atoms with van der Waals surface area (Å²) in [4.78, 5) is 14.9. The molecule has 4 heteroatoms. The van der Waals surface area contributed by atoms with Crippen molar-refractivity contribution in [1.29, 1.82) is 0 Å². The van der Waals surface area contributed by atoms with E-state index in [9.17, 15) is 4.79 Å². The topological polar surface area (TPSA) is 54.1 Å². The van der Waals surface area contributed by atoms with Crippen LogP contribution in [0.4, 0.5) is 0 Å². The highest BCUT2D eigenvalue weighted by Crippen LogP contribution is 2.47. The SMILES string of the molecule is COc1ccc(C2(CNC(=O)c3ccc[nH]3)CC2)cc1. The summed E-state index contributed by atoms with van der Waals surface area (Å²) in [5.41, 5.74) is 1.98. The number of hydrogen-bond donors (Lipinski definition) is 2. The van der Waals surface area contributed by atoms with E-state index in [0.29, 0.717) is 12.2 Å². The van der Waals surface area contributed by atoms with Gasteiger partial charge >= 0.3 is 0 Å². The summed E-state index contributed by atoms with van der Waals surface area (Å²) in [5, 5.41) is 3.01. The first-order valence-electron chi connectivity index (χ1n) is 6.80. The smallest absolute Gasteiger partial charge is 0.267 e. The quantitative estimate of drug-likeness (QED) is 0.877. The molecule has 0 atom stereocenters. The fourth-order valence-corrected chi connectivity index (χ4v) is 2.48. The molecule has 0 unspecified atom stereocenters. The van der Waals surface area contributed by atoms with Crippen molar-refractivity contribution in [3.05, 3.63) is 53.9 Å². The molecule has 0 saturated heterocycles. The average molecular weight is 270 g/mol. The van der Waals surface area contributed by atoms with Crippen LogP contribution in [-0.4, -0.2) is 24.5 Å². The number of methoxy groups -OCH3 is 1. The summed E-state index contributed by atoms with van der Waals surface area (Å²) < 4.78 is 5.18. The average Bonchev–Trinajstić information content (AvgIpc) is 3.08. The number of H-pyrrole nitrogens is 1. The van der Waals surface area contributed by atoms with Crippen molar-refractivity contribution in [1.82, 2.24) is 10.3 Å². The van der Waals surface area contributed by atoms with Gasteiger partial charge in [-0.1, -0.05) is 12.1 Å². The van der Waals surface area contributed by atoms with E-state index in [1.54, 1.807) is 19.4 Å². The van der Waals surface area contributed by atoms with E-state index in [2.05, 4.69) is 22.4 Å². The van der Waals surface area contributed by atoms with Crippen molar-refractivity contribution in [2.24, 2.45) is 0 Å². The number of amides is 1. The van der Waals surface area contributed by atoms with Gasteiger partial charge in [0, 0.05) is 18.2 Å². The lowest BCUT2D eigenvalue weighted by molar-refractivity contribution is 0.0945. The summed E-state index contributed by atoms with van der Waals surface area (Å²) in [6.07, 6.45) is 3.99. The van der Waals surface area contributed by atoms with Gasteiger partial charge in [0.2, 0.25) is 0 Å². The number of aromatic nitrogens is 1. The van der Waals surface area contributed by atoms with Crippen LogP contribution in [0.2, 0.25) is 0 Å². The molecule has 1 heterocycles.